The maximum Gasteiger partial charge on any atom is 0.0612 e. The van der Waals surface area contributed by atoms with Crippen LogP contribution in [0.1, 0.15) is 18.4 Å². The second-order valence-corrected chi connectivity index (χ2v) is 6.12. The fourth-order valence-electron chi connectivity index (χ4n) is 2.73. The highest BCUT2D eigenvalue weighted by Crippen LogP contribution is 2.27. The third-order valence-electron chi connectivity index (χ3n) is 3.84. The van der Waals surface area contributed by atoms with Crippen molar-refractivity contribution in [3.63, 3.8) is 0 Å². The zero-order chi connectivity index (χ0) is 14.7. The molecule has 0 amide bonds. The molecule has 4 heteroatoms. The van der Waals surface area contributed by atoms with E-state index in [1.807, 2.05) is 18.2 Å². The van der Waals surface area contributed by atoms with Gasteiger partial charge in [-0.3, -0.25) is 0 Å². The molecule has 0 aromatic heterocycles. The predicted molar refractivity (Wildman–Crippen MR) is 91.7 cm³/mol. The van der Waals surface area contributed by atoms with E-state index in [2.05, 4.69) is 34.5 Å². The van der Waals surface area contributed by atoms with Crippen molar-refractivity contribution in [3.8, 4) is 0 Å². The van der Waals surface area contributed by atoms with Gasteiger partial charge in [-0.1, -0.05) is 41.4 Å². The molecule has 0 radical (unpaired) electrons. The molecule has 110 valence electrons. The van der Waals surface area contributed by atoms with E-state index in [1.54, 1.807) is 0 Å². The smallest absolute Gasteiger partial charge is 0.0612 e. The van der Waals surface area contributed by atoms with Gasteiger partial charge in [-0.05, 0) is 42.7 Å². The molecule has 0 spiro atoms. The highest BCUT2D eigenvalue weighted by Gasteiger charge is 2.15. The molecule has 2 nitrogen and oxygen atoms in total. The number of nitrogens with zero attached hydrogens (tertiary/aromatic N) is 1. The van der Waals surface area contributed by atoms with Crippen LogP contribution in [0.15, 0.2) is 42.5 Å². The van der Waals surface area contributed by atoms with Gasteiger partial charge >= 0.3 is 0 Å². The van der Waals surface area contributed by atoms with Crippen molar-refractivity contribution in [2.45, 2.75) is 19.4 Å². The lowest BCUT2D eigenvalue weighted by Crippen LogP contribution is -2.19. The number of hydrogen-bond donors (Lipinski definition) is 1. The number of anilines is 2. The Kier molecular flexibility index (Phi) is 4.57. The summed E-state index contributed by atoms with van der Waals surface area (Å²) in [6.07, 6.45) is 2.57. The molecular formula is C17H18Cl2N2. The molecule has 0 bridgehead atoms. The number of halogens is 2. The standard InChI is InChI=1S/C17H18Cl2N2/c18-15-8-7-14(11-16(15)19)20-12-13-5-1-2-6-17(13)21-9-3-4-10-21/h1-2,5-8,11,20H,3-4,9-10,12H2. The number of benzene rings is 2. The number of para-hydroxylation sites is 1. The molecule has 0 atom stereocenters. The van der Waals surface area contributed by atoms with Crippen LogP contribution >= 0.6 is 23.2 Å². The Balaban J connectivity index is 1.74. The van der Waals surface area contributed by atoms with Crippen molar-refractivity contribution in [3.05, 3.63) is 58.1 Å². The van der Waals surface area contributed by atoms with Gasteiger partial charge in [0.1, 0.15) is 0 Å². The number of hydrogen-bond acceptors (Lipinski definition) is 2. The molecular weight excluding hydrogens is 303 g/mol. The summed E-state index contributed by atoms with van der Waals surface area (Å²) in [5.41, 5.74) is 3.63. The highest BCUT2D eigenvalue weighted by molar-refractivity contribution is 6.42. The van der Waals surface area contributed by atoms with Crippen molar-refractivity contribution in [2.75, 3.05) is 23.3 Å². The van der Waals surface area contributed by atoms with Gasteiger partial charge in [0.05, 0.1) is 10.0 Å². The van der Waals surface area contributed by atoms with E-state index in [1.165, 1.54) is 24.1 Å². The topological polar surface area (TPSA) is 15.3 Å². The first-order chi connectivity index (χ1) is 10.2. The molecule has 1 saturated heterocycles. The molecule has 0 saturated carbocycles. The van der Waals surface area contributed by atoms with E-state index >= 15 is 0 Å². The zero-order valence-corrected chi connectivity index (χ0v) is 13.3. The van der Waals surface area contributed by atoms with Gasteiger partial charge < -0.3 is 10.2 Å². The Hall–Kier alpha value is -1.38. The number of rotatable bonds is 4. The summed E-state index contributed by atoms with van der Waals surface area (Å²) in [5.74, 6) is 0. The van der Waals surface area contributed by atoms with Crippen LogP contribution in [0.5, 0.6) is 0 Å². The van der Waals surface area contributed by atoms with Gasteiger partial charge in [0, 0.05) is 31.0 Å². The summed E-state index contributed by atoms with van der Waals surface area (Å²) in [6.45, 7) is 3.10. The first-order valence-electron chi connectivity index (χ1n) is 7.26. The van der Waals surface area contributed by atoms with Crippen LogP contribution in [-0.2, 0) is 6.54 Å². The van der Waals surface area contributed by atoms with Crippen LogP contribution in [0.25, 0.3) is 0 Å². The van der Waals surface area contributed by atoms with Crippen molar-refractivity contribution < 1.29 is 0 Å². The van der Waals surface area contributed by atoms with E-state index in [0.717, 1.165) is 25.3 Å². The molecule has 0 aliphatic carbocycles. The fourth-order valence-corrected chi connectivity index (χ4v) is 3.03. The largest absolute Gasteiger partial charge is 0.381 e. The SMILES string of the molecule is Clc1ccc(NCc2ccccc2N2CCCC2)cc1Cl. The van der Waals surface area contributed by atoms with E-state index in [0.29, 0.717) is 10.0 Å². The lowest BCUT2D eigenvalue weighted by atomic mass is 10.1. The van der Waals surface area contributed by atoms with Gasteiger partial charge in [-0.15, -0.1) is 0 Å². The predicted octanol–water partition coefficient (Wildman–Crippen LogP) is 5.21. The lowest BCUT2D eigenvalue weighted by molar-refractivity contribution is 0.949. The zero-order valence-electron chi connectivity index (χ0n) is 11.8. The highest BCUT2D eigenvalue weighted by atomic mass is 35.5. The summed E-state index contributed by atoms with van der Waals surface area (Å²) < 4.78 is 0. The minimum atomic E-state index is 0.578. The Bertz CT molecular complexity index is 622. The lowest BCUT2D eigenvalue weighted by Gasteiger charge is -2.21. The van der Waals surface area contributed by atoms with Crippen LogP contribution in [0.2, 0.25) is 10.0 Å². The Labute approximate surface area is 135 Å². The first-order valence-corrected chi connectivity index (χ1v) is 8.01. The minimum Gasteiger partial charge on any atom is -0.381 e. The average Bonchev–Trinajstić information content (AvgIpc) is 3.03. The van der Waals surface area contributed by atoms with Crippen LogP contribution in [0, 0.1) is 0 Å². The summed E-state index contributed by atoms with van der Waals surface area (Å²) in [7, 11) is 0. The molecule has 21 heavy (non-hydrogen) atoms. The Morgan fingerprint density at radius 3 is 2.48 bits per heavy atom. The second-order valence-electron chi connectivity index (χ2n) is 5.31. The van der Waals surface area contributed by atoms with Crippen LogP contribution in [0.3, 0.4) is 0 Å². The molecule has 2 aromatic rings. The summed E-state index contributed by atoms with van der Waals surface area (Å²) in [4.78, 5) is 2.46. The van der Waals surface area contributed by atoms with Crippen LogP contribution < -0.4 is 10.2 Å². The summed E-state index contributed by atoms with van der Waals surface area (Å²) in [5, 5.41) is 4.58. The van der Waals surface area contributed by atoms with Crippen LogP contribution in [-0.4, -0.2) is 13.1 Å². The monoisotopic (exact) mass is 320 g/mol. The van der Waals surface area contributed by atoms with Gasteiger partial charge in [0.2, 0.25) is 0 Å². The molecule has 1 fully saturated rings. The van der Waals surface area contributed by atoms with E-state index in [-0.39, 0.29) is 0 Å². The van der Waals surface area contributed by atoms with Gasteiger partial charge in [-0.2, -0.15) is 0 Å². The molecule has 0 unspecified atom stereocenters. The van der Waals surface area contributed by atoms with Gasteiger partial charge in [0.25, 0.3) is 0 Å². The third-order valence-corrected chi connectivity index (χ3v) is 4.58. The van der Waals surface area contributed by atoms with Gasteiger partial charge in [0.15, 0.2) is 0 Å². The van der Waals surface area contributed by atoms with Crippen molar-refractivity contribution in [1.29, 1.82) is 0 Å². The molecule has 1 heterocycles. The van der Waals surface area contributed by atoms with E-state index < -0.39 is 0 Å². The van der Waals surface area contributed by atoms with Crippen molar-refractivity contribution in [1.82, 2.24) is 0 Å². The quantitative estimate of drug-likeness (QED) is 0.832. The van der Waals surface area contributed by atoms with Crippen molar-refractivity contribution >= 4 is 34.6 Å². The Morgan fingerprint density at radius 2 is 1.71 bits per heavy atom. The summed E-state index contributed by atoms with van der Waals surface area (Å²) in [6, 6.07) is 14.2. The Morgan fingerprint density at radius 1 is 0.952 bits per heavy atom. The third kappa shape index (κ3) is 3.45. The summed E-state index contributed by atoms with van der Waals surface area (Å²) >= 11 is 12.0. The van der Waals surface area contributed by atoms with Crippen molar-refractivity contribution in [2.24, 2.45) is 0 Å². The maximum atomic E-state index is 6.05. The van der Waals surface area contributed by atoms with Crippen LogP contribution in [0.4, 0.5) is 11.4 Å². The minimum absolute atomic E-state index is 0.578. The molecule has 2 aromatic carbocycles. The number of nitrogens with one attached hydrogen (secondary N) is 1. The normalized spacial score (nSPS) is 14.5. The molecule has 1 N–H and O–H groups in total. The molecule has 1 aliphatic rings. The second kappa shape index (κ2) is 6.59. The molecule has 1 aliphatic heterocycles. The van der Waals surface area contributed by atoms with Gasteiger partial charge in [-0.25, -0.2) is 0 Å². The first kappa shape index (κ1) is 14.6. The average molecular weight is 321 g/mol. The van der Waals surface area contributed by atoms with E-state index in [4.69, 9.17) is 23.2 Å². The van der Waals surface area contributed by atoms with E-state index in [9.17, 15) is 0 Å². The maximum absolute atomic E-state index is 6.05. The fraction of sp³-hybridized carbons (Fsp3) is 0.294. The molecule has 3 rings (SSSR count).